The molecule has 13 atom stereocenters. The molecule has 22 heteroatoms. The molecule has 6 rings (SSSR count). The maximum atomic E-state index is 15.0. The van der Waals surface area contributed by atoms with Gasteiger partial charge in [0.25, 0.3) is 0 Å². The third kappa shape index (κ3) is 11.7. The number of aliphatic hydroxyl groups is 1. The first kappa shape index (κ1) is 58.5. The molecule has 4 aliphatic carbocycles. The summed E-state index contributed by atoms with van der Waals surface area (Å²) in [4.78, 5) is 131. The number of hydrogen-bond acceptors (Lipinski definition) is 21. The lowest BCUT2D eigenvalue weighted by Crippen LogP contribution is -2.65. The molecule has 1 saturated heterocycles. The number of nitrogens with zero attached hydrogens (tertiary/aromatic N) is 3. The molecule has 0 radical (unpaired) electrons. The van der Waals surface area contributed by atoms with Gasteiger partial charge in [0.05, 0.1) is 18.7 Å². The standard InChI is InChI=1S/C53H73N3O19/c1-27(57)68-26-37-42(70-28(2)58)43(71-29(3)59)44(72-30(4)60)47(74-37)69-25-32-24-56(55-54-32)20-14-15-41(65)73-36-21-34-33(49(8,9)46(36)66)16-17-38-50(10)22-35(62)45(51(50,11)23-40(64)52(34,38)12)53(13,67)39(63)18-19-48(6,7)75-31(5)61/h16,24,34,36-38,42-45,47,67H,14-15,17-23,25-26H2,1-13H3/t34-,36+,37-,38+,42+,43+,44-,45+,47-,50+,51-,52+,53+/m1/s1. The van der Waals surface area contributed by atoms with Crippen LogP contribution < -0.4 is 0 Å². The Balaban J connectivity index is 1.11. The van der Waals surface area contributed by atoms with Crippen LogP contribution in [-0.2, 0) is 99.0 Å². The topological polar surface area (TPSA) is 295 Å². The van der Waals surface area contributed by atoms with Crippen LogP contribution in [0.25, 0.3) is 0 Å². The quantitative estimate of drug-likeness (QED) is 0.116. The Hall–Kier alpha value is -5.74. The van der Waals surface area contributed by atoms with Crippen molar-refractivity contribution in [2.24, 2.45) is 39.4 Å². The molecule has 3 saturated carbocycles. The lowest BCUT2D eigenvalue weighted by atomic mass is 9.38. The van der Waals surface area contributed by atoms with E-state index in [1.165, 1.54) is 24.7 Å². The average Bonchev–Trinajstić information content (AvgIpc) is 3.82. The molecule has 0 aromatic carbocycles. The lowest BCUT2D eigenvalue weighted by Gasteiger charge is -2.64. The second-order valence-electron chi connectivity index (χ2n) is 22.9. The van der Waals surface area contributed by atoms with Crippen molar-refractivity contribution in [2.75, 3.05) is 6.61 Å². The van der Waals surface area contributed by atoms with Crippen molar-refractivity contribution < 1.29 is 90.9 Å². The zero-order chi connectivity index (χ0) is 56.0. The number of ketones is 4. The number of ether oxygens (including phenoxy) is 8. The zero-order valence-electron chi connectivity index (χ0n) is 45.3. The number of rotatable bonds is 19. The molecule has 4 fully saturated rings. The van der Waals surface area contributed by atoms with E-state index >= 15 is 0 Å². The Morgan fingerprint density at radius 1 is 0.800 bits per heavy atom. The number of hydrogen-bond donors (Lipinski definition) is 1. The lowest BCUT2D eigenvalue weighted by molar-refractivity contribution is -0.310. The van der Waals surface area contributed by atoms with Gasteiger partial charge in [-0.15, -0.1) is 5.10 Å². The third-order valence-electron chi connectivity index (χ3n) is 16.7. The summed E-state index contributed by atoms with van der Waals surface area (Å²) >= 11 is 0. The highest BCUT2D eigenvalue weighted by Gasteiger charge is 2.75. The number of carbonyl (C=O) groups is 10. The molecular formula is C53H73N3O19. The van der Waals surface area contributed by atoms with Crippen molar-refractivity contribution in [3.05, 3.63) is 23.5 Å². The Kier molecular flexibility index (Phi) is 16.9. The Labute approximate surface area is 435 Å². The van der Waals surface area contributed by atoms with Crippen molar-refractivity contribution in [3.63, 3.8) is 0 Å². The number of Topliss-reactive ketones (excluding diaryl/α,β-unsaturated/α-hetero) is 4. The maximum absolute atomic E-state index is 15.0. The molecular weight excluding hydrogens is 983 g/mol. The molecule has 1 aliphatic heterocycles. The Bertz CT molecular complexity index is 2510. The van der Waals surface area contributed by atoms with Crippen molar-refractivity contribution in [3.8, 4) is 0 Å². The van der Waals surface area contributed by atoms with Crippen LogP contribution in [0.1, 0.15) is 147 Å². The summed E-state index contributed by atoms with van der Waals surface area (Å²) < 4.78 is 46.1. The molecule has 1 N–H and O–H groups in total. The van der Waals surface area contributed by atoms with Crippen molar-refractivity contribution in [1.82, 2.24) is 15.0 Å². The van der Waals surface area contributed by atoms with E-state index < -0.39 is 136 Å². The van der Waals surface area contributed by atoms with Crippen LogP contribution in [0.15, 0.2) is 17.8 Å². The number of fused-ring (bicyclic) bond motifs is 5. The van der Waals surface area contributed by atoms with Crippen LogP contribution >= 0.6 is 0 Å². The summed E-state index contributed by atoms with van der Waals surface area (Å²) in [5.74, 6) is -7.74. The summed E-state index contributed by atoms with van der Waals surface area (Å²) in [6.07, 6.45) is -4.20. The maximum Gasteiger partial charge on any atom is 0.306 e. The van der Waals surface area contributed by atoms with Crippen LogP contribution in [0, 0.1) is 39.4 Å². The van der Waals surface area contributed by atoms with E-state index in [2.05, 4.69) is 10.3 Å². The van der Waals surface area contributed by atoms with Gasteiger partial charge in [-0.3, -0.25) is 52.6 Å². The first-order valence-electron chi connectivity index (χ1n) is 25.5. The molecule has 75 heavy (non-hydrogen) atoms. The summed E-state index contributed by atoms with van der Waals surface area (Å²) in [7, 11) is 0. The first-order chi connectivity index (χ1) is 34.7. The minimum absolute atomic E-state index is 0.0172. The highest BCUT2D eigenvalue weighted by Crippen LogP contribution is 2.73. The molecule has 2 heterocycles. The summed E-state index contributed by atoms with van der Waals surface area (Å²) in [6.45, 7) is 19.0. The highest BCUT2D eigenvalue weighted by atomic mass is 16.7. The summed E-state index contributed by atoms with van der Waals surface area (Å²) in [5.41, 5.74) is -6.26. The van der Waals surface area contributed by atoms with Gasteiger partial charge in [0.15, 0.2) is 42.3 Å². The SMILES string of the molecule is CC(=O)OC[C@H]1O[C@@H](OCc2cn(CCCC(=O)O[C@H]3C[C@@H]4C(=CC[C@@H]5[C@@]4(C)C(=O)C[C@]4(C)[C@@H]([C@@](C)(O)C(=O)CCC(C)(C)OC(C)=O)C(=O)C[C@@]54C)C(C)(C)C3=O)nn2)[C@H](OC(C)=O)[C@@H](OC(C)=O)[C@H]1OC(C)=O. The van der Waals surface area contributed by atoms with Crippen LogP contribution in [0.2, 0.25) is 0 Å². The number of allylic oxidation sites excluding steroid dienone is 2. The first-order valence-corrected chi connectivity index (χ1v) is 25.5. The van der Waals surface area contributed by atoms with E-state index in [4.69, 9.17) is 37.9 Å². The molecule has 0 spiro atoms. The zero-order valence-corrected chi connectivity index (χ0v) is 45.3. The molecule has 0 amide bonds. The van der Waals surface area contributed by atoms with Gasteiger partial charge in [0.2, 0.25) is 0 Å². The number of aromatic nitrogens is 3. The molecule has 414 valence electrons. The van der Waals surface area contributed by atoms with E-state index in [0.717, 1.165) is 33.3 Å². The second kappa shape index (κ2) is 21.7. The van der Waals surface area contributed by atoms with Gasteiger partial charge in [-0.05, 0) is 83.0 Å². The molecule has 22 nitrogen and oxygen atoms in total. The van der Waals surface area contributed by atoms with Crippen molar-refractivity contribution >= 4 is 58.9 Å². The van der Waals surface area contributed by atoms with Crippen molar-refractivity contribution in [2.45, 2.75) is 203 Å². The van der Waals surface area contributed by atoms with Gasteiger partial charge in [-0.2, -0.15) is 0 Å². The van der Waals surface area contributed by atoms with Gasteiger partial charge in [-0.1, -0.05) is 37.6 Å². The van der Waals surface area contributed by atoms with Gasteiger partial charge < -0.3 is 43.0 Å². The summed E-state index contributed by atoms with van der Waals surface area (Å²) in [6, 6.07) is 0. The van der Waals surface area contributed by atoms with Crippen LogP contribution in [-0.4, -0.2) is 134 Å². The summed E-state index contributed by atoms with van der Waals surface area (Å²) in [5, 5.41) is 20.3. The molecule has 0 unspecified atom stereocenters. The number of aryl methyl sites for hydroxylation is 1. The van der Waals surface area contributed by atoms with Gasteiger partial charge >= 0.3 is 35.8 Å². The predicted molar refractivity (Wildman–Crippen MR) is 257 cm³/mol. The van der Waals surface area contributed by atoms with E-state index in [9.17, 15) is 53.1 Å². The van der Waals surface area contributed by atoms with E-state index in [-0.39, 0.29) is 81.1 Å². The third-order valence-corrected chi connectivity index (χ3v) is 16.7. The fraction of sp³-hybridized carbons (Fsp3) is 0.736. The van der Waals surface area contributed by atoms with E-state index in [1.54, 1.807) is 27.7 Å². The van der Waals surface area contributed by atoms with Gasteiger partial charge in [-0.25, -0.2) is 0 Å². The van der Waals surface area contributed by atoms with E-state index in [0.29, 0.717) is 6.42 Å². The molecule has 0 bridgehead atoms. The predicted octanol–water partition coefficient (Wildman–Crippen LogP) is 4.15. The highest BCUT2D eigenvalue weighted by molar-refractivity contribution is 6.00. The van der Waals surface area contributed by atoms with Gasteiger partial charge in [0, 0.05) is 77.7 Å². The minimum Gasteiger partial charge on any atom is -0.463 e. The van der Waals surface area contributed by atoms with Crippen LogP contribution in [0.3, 0.4) is 0 Å². The second-order valence-corrected chi connectivity index (χ2v) is 22.9. The molecule has 1 aromatic heterocycles. The average molecular weight is 1060 g/mol. The minimum atomic E-state index is -2.12. The molecule has 5 aliphatic rings. The van der Waals surface area contributed by atoms with Crippen LogP contribution in [0.5, 0.6) is 0 Å². The smallest absolute Gasteiger partial charge is 0.306 e. The monoisotopic (exact) mass is 1060 g/mol. The Morgan fingerprint density at radius 2 is 1.43 bits per heavy atom. The normalized spacial score (nSPS) is 32.8. The Morgan fingerprint density at radius 3 is 2.04 bits per heavy atom. The van der Waals surface area contributed by atoms with Crippen LogP contribution in [0.4, 0.5) is 0 Å². The fourth-order valence-electron chi connectivity index (χ4n) is 13.0. The van der Waals surface area contributed by atoms with Gasteiger partial charge in [0.1, 0.15) is 41.2 Å². The molecule has 1 aromatic rings. The van der Waals surface area contributed by atoms with Crippen molar-refractivity contribution in [1.29, 1.82) is 0 Å². The fourth-order valence-corrected chi connectivity index (χ4v) is 13.0. The number of esters is 6. The number of carbonyl (C=O) groups excluding carboxylic acids is 10. The largest absolute Gasteiger partial charge is 0.463 e. The van der Waals surface area contributed by atoms with E-state index in [1.807, 2.05) is 26.8 Å².